The Kier molecular flexibility index (Phi) is 4.50. The van der Waals surface area contributed by atoms with Gasteiger partial charge in [0.15, 0.2) is 11.6 Å². The third kappa shape index (κ3) is 3.33. The van der Waals surface area contributed by atoms with Crippen LogP contribution < -0.4 is 16.4 Å². The van der Waals surface area contributed by atoms with Crippen molar-refractivity contribution in [1.29, 1.82) is 0 Å². The lowest BCUT2D eigenvalue weighted by molar-refractivity contribution is 0.100. The number of fused-ring (bicyclic) bond motifs is 2. The van der Waals surface area contributed by atoms with Gasteiger partial charge in [-0.1, -0.05) is 12.1 Å². The van der Waals surface area contributed by atoms with E-state index in [2.05, 4.69) is 15.6 Å². The maximum Gasteiger partial charge on any atom is 0.252 e. The van der Waals surface area contributed by atoms with E-state index in [9.17, 15) is 9.18 Å². The van der Waals surface area contributed by atoms with Crippen LogP contribution in [0, 0.1) is 12.7 Å². The Morgan fingerprint density at radius 1 is 1.26 bits per heavy atom. The van der Waals surface area contributed by atoms with Gasteiger partial charge < -0.3 is 16.4 Å². The summed E-state index contributed by atoms with van der Waals surface area (Å²) in [5.41, 5.74) is 10.3. The quantitative estimate of drug-likeness (QED) is 0.461. The van der Waals surface area contributed by atoms with Crippen molar-refractivity contribution < 1.29 is 9.18 Å². The molecule has 0 spiro atoms. The number of hydrogen-bond acceptors (Lipinski definition) is 6. The van der Waals surface area contributed by atoms with Crippen LogP contribution in [0.4, 0.5) is 15.9 Å². The lowest BCUT2D eigenvalue weighted by Crippen LogP contribution is -2.12. The van der Waals surface area contributed by atoms with Crippen molar-refractivity contribution >= 4 is 23.1 Å². The van der Waals surface area contributed by atoms with E-state index in [1.807, 2.05) is 19.2 Å². The molecule has 4 heterocycles. The first-order chi connectivity index (χ1) is 15.0. The fourth-order valence-corrected chi connectivity index (χ4v) is 3.89. The second-order valence-electron chi connectivity index (χ2n) is 7.40. The predicted octanol–water partition coefficient (Wildman–Crippen LogP) is 2.92. The van der Waals surface area contributed by atoms with Gasteiger partial charge in [-0.05, 0) is 36.8 Å². The Morgan fingerprint density at radius 3 is 2.94 bits per heavy atom. The number of pyridine rings is 1. The first kappa shape index (κ1) is 19.0. The summed E-state index contributed by atoms with van der Waals surface area (Å²) in [7, 11) is 0. The van der Waals surface area contributed by atoms with Crippen LogP contribution in [0.15, 0.2) is 42.6 Å². The van der Waals surface area contributed by atoms with Crippen LogP contribution in [0.1, 0.15) is 27.3 Å². The second kappa shape index (κ2) is 7.35. The zero-order chi connectivity index (χ0) is 21.5. The smallest absolute Gasteiger partial charge is 0.252 e. The number of nitrogens with zero attached hydrogens (tertiary/aromatic N) is 4. The van der Waals surface area contributed by atoms with Gasteiger partial charge in [0.05, 0.1) is 22.6 Å². The summed E-state index contributed by atoms with van der Waals surface area (Å²) in [6.07, 6.45) is 2.58. The average molecular weight is 417 g/mol. The SMILES string of the molecule is Cc1nc2c(C(N)=O)cccn2c1-c1nc2c(c(NCc3cccc(F)c3)n1)NCC2. The molecule has 0 unspecified atom stereocenters. The molecule has 1 aliphatic heterocycles. The van der Waals surface area contributed by atoms with Crippen molar-refractivity contribution in [3.63, 3.8) is 0 Å². The molecule has 0 aliphatic carbocycles. The third-order valence-corrected chi connectivity index (χ3v) is 5.30. The summed E-state index contributed by atoms with van der Waals surface area (Å²) in [4.78, 5) is 25.9. The number of nitrogens with two attached hydrogens (primary N) is 1. The van der Waals surface area contributed by atoms with Gasteiger partial charge in [-0.15, -0.1) is 0 Å². The normalized spacial score (nSPS) is 12.6. The minimum Gasteiger partial charge on any atom is -0.380 e. The number of aromatic nitrogens is 4. The Labute approximate surface area is 177 Å². The van der Waals surface area contributed by atoms with Crippen molar-refractivity contribution in [3.8, 4) is 11.5 Å². The van der Waals surface area contributed by atoms with E-state index in [4.69, 9.17) is 15.7 Å². The Balaban J connectivity index is 1.60. The number of benzene rings is 1. The summed E-state index contributed by atoms with van der Waals surface area (Å²) >= 11 is 0. The predicted molar refractivity (Wildman–Crippen MR) is 115 cm³/mol. The lowest BCUT2D eigenvalue weighted by Gasteiger charge is -2.13. The standard InChI is InChI=1S/C22H20FN7O/c1-12-18(30-9-3-6-15(19(24)31)22(30)27-12)21-28-16-7-8-25-17(16)20(29-21)26-11-13-4-2-5-14(23)10-13/h2-6,9-10,25H,7-8,11H2,1H3,(H2,24,31)(H,26,28,29). The summed E-state index contributed by atoms with van der Waals surface area (Å²) in [5.74, 6) is 0.314. The number of anilines is 2. The molecule has 5 rings (SSSR count). The fourth-order valence-electron chi connectivity index (χ4n) is 3.89. The van der Waals surface area contributed by atoms with E-state index in [1.54, 1.807) is 22.6 Å². The number of carbonyl (C=O) groups is 1. The number of halogens is 1. The molecule has 0 saturated heterocycles. The number of hydrogen-bond donors (Lipinski definition) is 3. The summed E-state index contributed by atoms with van der Waals surface area (Å²) in [5, 5.41) is 6.62. The molecule has 4 aromatic rings. The van der Waals surface area contributed by atoms with Gasteiger partial charge in [0.25, 0.3) is 5.91 Å². The maximum atomic E-state index is 13.5. The molecule has 1 amide bonds. The molecule has 8 nitrogen and oxygen atoms in total. The number of nitrogens with one attached hydrogen (secondary N) is 2. The largest absolute Gasteiger partial charge is 0.380 e. The molecular formula is C22H20FN7O. The number of aryl methyl sites for hydroxylation is 1. The van der Waals surface area contributed by atoms with Crippen molar-refractivity contribution in [3.05, 3.63) is 70.9 Å². The molecule has 4 N–H and O–H groups in total. The summed E-state index contributed by atoms with van der Waals surface area (Å²) in [6, 6.07) is 9.83. The molecule has 0 radical (unpaired) electrons. The van der Waals surface area contributed by atoms with Crippen LogP contribution in [-0.2, 0) is 13.0 Å². The van der Waals surface area contributed by atoms with Crippen molar-refractivity contribution in [2.75, 3.05) is 17.2 Å². The molecule has 1 aliphatic rings. The molecular weight excluding hydrogens is 397 g/mol. The van der Waals surface area contributed by atoms with E-state index >= 15 is 0 Å². The molecule has 156 valence electrons. The van der Waals surface area contributed by atoms with E-state index < -0.39 is 5.91 Å². The van der Waals surface area contributed by atoms with Gasteiger partial charge in [-0.3, -0.25) is 9.20 Å². The molecule has 0 bridgehead atoms. The molecule has 0 fully saturated rings. The topological polar surface area (TPSA) is 110 Å². The lowest BCUT2D eigenvalue weighted by atomic mass is 10.2. The van der Waals surface area contributed by atoms with E-state index in [-0.39, 0.29) is 5.82 Å². The number of primary amides is 1. The monoisotopic (exact) mass is 417 g/mol. The van der Waals surface area contributed by atoms with Gasteiger partial charge in [0.1, 0.15) is 17.2 Å². The van der Waals surface area contributed by atoms with Crippen LogP contribution >= 0.6 is 0 Å². The Hall–Kier alpha value is -4.01. The van der Waals surface area contributed by atoms with Gasteiger partial charge >= 0.3 is 0 Å². The molecule has 0 atom stereocenters. The number of carbonyl (C=O) groups excluding carboxylic acids is 1. The Bertz CT molecular complexity index is 1330. The van der Waals surface area contributed by atoms with Crippen LogP contribution in [0.5, 0.6) is 0 Å². The first-order valence-electron chi connectivity index (χ1n) is 9.92. The molecule has 0 saturated carbocycles. The van der Waals surface area contributed by atoms with Crippen LogP contribution in [0.25, 0.3) is 17.2 Å². The van der Waals surface area contributed by atoms with E-state index in [0.717, 1.165) is 29.9 Å². The number of rotatable bonds is 5. The highest BCUT2D eigenvalue weighted by Crippen LogP contribution is 2.32. The molecule has 31 heavy (non-hydrogen) atoms. The molecule has 3 aromatic heterocycles. The zero-order valence-corrected chi connectivity index (χ0v) is 16.8. The fraction of sp³-hybridized carbons (Fsp3) is 0.182. The summed E-state index contributed by atoms with van der Waals surface area (Å²) < 4.78 is 15.3. The van der Waals surface area contributed by atoms with E-state index in [0.29, 0.717) is 40.8 Å². The minimum absolute atomic E-state index is 0.280. The number of imidazole rings is 1. The highest BCUT2D eigenvalue weighted by Gasteiger charge is 2.23. The van der Waals surface area contributed by atoms with Crippen LogP contribution in [0.3, 0.4) is 0 Å². The second-order valence-corrected chi connectivity index (χ2v) is 7.40. The van der Waals surface area contributed by atoms with Gasteiger partial charge in [0.2, 0.25) is 0 Å². The van der Waals surface area contributed by atoms with Gasteiger partial charge in [-0.25, -0.2) is 19.3 Å². The van der Waals surface area contributed by atoms with Crippen molar-refractivity contribution in [2.45, 2.75) is 19.9 Å². The van der Waals surface area contributed by atoms with E-state index in [1.165, 1.54) is 12.1 Å². The van der Waals surface area contributed by atoms with Gasteiger partial charge in [0, 0.05) is 25.7 Å². The van der Waals surface area contributed by atoms with Gasteiger partial charge in [-0.2, -0.15) is 0 Å². The maximum absolute atomic E-state index is 13.5. The highest BCUT2D eigenvalue weighted by molar-refractivity contribution is 5.99. The number of amides is 1. The molecule has 1 aromatic carbocycles. The van der Waals surface area contributed by atoms with Crippen molar-refractivity contribution in [2.24, 2.45) is 5.73 Å². The zero-order valence-electron chi connectivity index (χ0n) is 16.8. The third-order valence-electron chi connectivity index (χ3n) is 5.30. The Morgan fingerprint density at radius 2 is 2.13 bits per heavy atom. The van der Waals surface area contributed by atoms with Crippen LogP contribution in [0.2, 0.25) is 0 Å². The van der Waals surface area contributed by atoms with Crippen LogP contribution in [-0.4, -0.2) is 31.8 Å². The highest BCUT2D eigenvalue weighted by atomic mass is 19.1. The first-order valence-corrected chi connectivity index (χ1v) is 9.92. The van der Waals surface area contributed by atoms with Crippen molar-refractivity contribution in [1.82, 2.24) is 19.4 Å². The average Bonchev–Trinajstić information content (AvgIpc) is 3.35. The molecule has 9 heteroatoms. The summed E-state index contributed by atoms with van der Waals surface area (Å²) in [6.45, 7) is 3.03. The minimum atomic E-state index is -0.543.